The van der Waals surface area contributed by atoms with E-state index in [0.717, 1.165) is 47.1 Å². The molecule has 2 N–H and O–H groups in total. The number of rotatable bonds is 7. The number of carbonyl (C=O) groups is 4. The number of benzene rings is 2. The van der Waals surface area contributed by atoms with Crippen molar-refractivity contribution >= 4 is 23.3 Å². The number of Topliss-reactive ketones (excluding diaryl/α,β-unsaturated/α-hetero) is 1. The summed E-state index contributed by atoms with van der Waals surface area (Å²) in [6.45, 7) is 7.29. The smallest absolute Gasteiger partial charge is 0.331 e. The Morgan fingerprint density at radius 3 is 2.29 bits per heavy atom. The third kappa shape index (κ3) is 5.63. The van der Waals surface area contributed by atoms with Crippen molar-refractivity contribution in [3.05, 3.63) is 93.6 Å². The van der Waals surface area contributed by atoms with Crippen molar-refractivity contribution in [1.82, 2.24) is 0 Å². The van der Waals surface area contributed by atoms with Crippen LogP contribution in [-0.4, -0.2) is 39.6 Å². The minimum Gasteiger partial charge on any atom is -0.507 e. The fraction of sp³-hybridized carbons (Fsp3) is 0.214. The Kier molecular flexibility index (Phi) is 7.49. The van der Waals surface area contributed by atoms with Crippen molar-refractivity contribution in [1.29, 1.82) is 0 Å². The molecule has 3 rings (SSSR count). The van der Waals surface area contributed by atoms with Gasteiger partial charge in [-0.3, -0.25) is 14.4 Å². The van der Waals surface area contributed by atoms with Crippen LogP contribution in [0.4, 0.5) is 0 Å². The number of esters is 1. The maximum Gasteiger partial charge on any atom is 0.331 e. The number of hydrogen-bond donors (Lipinski definition) is 2. The topological polar surface area (TPSA) is 118 Å². The Morgan fingerprint density at radius 1 is 0.971 bits per heavy atom. The molecule has 180 valence electrons. The van der Waals surface area contributed by atoms with Crippen LogP contribution in [0.5, 0.6) is 11.5 Å². The van der Waals surface area contributed by atoms with Crippen LogP contribution in [0.3, 0.4) is 0 Å². The average molecular weight is 475 g/mol. The fourth-order valence-corrected chi connectivity index (χ4v) is 3.72. The second-order valence-electron chi connectivity index (χ2n) is 8.61. The number of ether oxygens (including phenoxy) is 1. The number of aromatic hydroxyl groups is 2. The number of phenols is 2. The van der Waals surface area contributed by atoms with Gasteiger partial charge in [-0.15, -0.1) is 0 Å². The molecule has 7 nitrogen and oxygen atoms in total. The lowest BCUT2D eigenvalue weighted by atomic mass is 9.85. The minimum atomic E-state index is -1.15. The quantitative estimate of drug-likeness (QED) is 0.196. The first kappa shape index (κ1) is 25.4. The maximum absolute atomic E-state index is 13.1. The van der Waals surface area contributed by atoms with E-state index in [9.17, 15) is 29.4 Å². The molecule has 0 spiro atoms. The van der Waals surface area contributed by atoms with E-state index in [1.54, 1.807) is 19.1 Å². The van der Waals surface area contributed by atoms with Crippen LogP contribution < -0.4 is 0 Å². The second-order valence-corrected chi connectivity index (χ2v) is 8.61. The first-order chi connectivity index (χ1) is 16.5. The molecule has 0 aromatic heterocycles. The number of carbonyl (C=O) groups excluding carboxylic acids is 4. The summed E-state index contributed by atoms with van der Waals surface area (Å²) in [6, 6.07) is 7.65. The van der Waals surface area contributed by atoms with E-state index in [1.165, 1.54) is 0 Å². The van der Waals surface area contributed by atoms with Gasteiger partial charge in [-0.2, -0.15) is 0 Å². The standard InChI is InChI=1S/C28H26O7/c1-15(2)5-11-24(19-14-23(32)26-21(30)8-9-22(31)27(26)28(19)34)35-25(33)12-10-20(29)18-13-16(3)6-7-17(18)4/h5-10,12-14,24,30-31H,11H2,1-4H3/b12-10-. The summed E-state index contributed by atoms with van der Waals surface area (Å²) in [6.07, 6.45) is 3.76. The summed E-state index contributed by atoms with van der Waals surface area (Å²) in [5, 5.41) is 20.2. The number of ketones is 3. The van der Waals surface area contributed by atoms with Crippen LogP contribution in [-0.2, 0) is 9.53 Å². The van der Waals surface area contributed by atoms with Gasteiger partial charge < -0.3 is 14.9 Å². The molecule has 0 fully saturated rings. The highest BCUT2D eigenvalue weighted by atomic mass is 16.5. The molecule has 0 radical (unpaired) electrons. The predicted octanol–water partition coefficient (Wildman–Crippen LogP) is 4.73. The molecule has 7 heteroatoms. The Morgan fingerprint density at radius 2 is 1.63 bits per heavy atom. The summed E-state index contributed by atoms with van der Waals surface area (Å²) < 4.78 is 5.48. The number of hydrogen-bond acceptors (Lipinski definition) is 7. The lowest BCUT2D eigenvalue weighted by Crippen LogP contribution is -2.28. The van der Waals surface area contributed by atoms with Gasteiger partial charge in [-0.05, 0) is 63.6 Å². The van der Waals surface area contributed by atoms with Gasteiger partial charge in [0.2, 0.25) is 0 Å². The first-order valence-electron chi connectivity index (χ1n) is 11.0. The van der Waals surface area contributed by atoms with E-state index >= 15 is 0 Å². The van der Waals surface area contributed by atoms with Gasteiger partial charge >= 0.3 is 5.97 Å². The zero-order valence-corrected chi connectivity index (χ0v) is 19.9. The number of allylic oxidation sites excluding steroid dienone is 3. The molecule has 35 heavy (non-hydrogen) atoms. The molecular formula is C28H26O7. The van der Waals surface area contributed by atoms with Crippen molar-refractivity contribution in [2.24, 2.45) is 0 Å². The van der Waals surface area contributed by atoms with Gasteiger partial charge in [0.15, 0.2) is 17.3 Å². The van der Waals surface area contributed by atoms with Crippen LogP contribution >= 0.6 is 0 Å². The Hall–Kier alpha value is -4.26. The second kappa shape index (κ2) is 10.3. The average Bonchev–Trinajstić information content (AvgIpc) is 2.80. The molecule has 1 aliphatic carbocycles. The minimum absolute atomic E-state index is 0.0899. The van der Waals surface area contributed by atoms with Crippen molar-refractivity contribution in [3.63, 3.8) is 0 Å². The summed E-state index contributed by atoms with van der Waals surface area (Å²) in [5.41, 5.74) is 2.23. The third-order valence-electron chi connectivity index (χ3n) is 5.56. The molecular weight excluding hydrogens is 448 g/mol. The monoisotopic (exact) mass is 474 g/mol. The molecule has 1 aliphatic rings. The van der Waals surface area contributed by atoms with Gasteiger partial charge in [0.05, 0.1) is 11.1 Å². The van der Waals surface area contributed by atoms with Gasteiger partial charge in [0.25, 0.3) is 0 Å². The van der Waals surface area contributed by atoms with Crippen LogP contribution in [0.15, 0.2) is 65.8 Å². The first-order valence-corrected chi connectivity index (χ1v) is 11.0. The molecule has 0 saturated carbocycles. The molecule has 0 heterocycles. The van der Waals surface area contributed by atoms with Crippen LogP contribution in [0.1, 0.15) is 62.5 Å². The molecule has 0 saturated heterocycles. The summed E-state index contributed by atoms with van der Waals surface area (Å²) >= 11 is 0. The van der Waals surface area contributed by atoms with Crippen molar-refractivity contribution < 1.29 is 34.1 Å². The molecule has 0 aliphatic heterocycles. The van der Waals surface area contributed by atoms with Gasteiger partial charge in [-0.25, -0.2) is 4.79 Å². The van der Waals surface area contributed by atoms with Crippen molar-refractivity contribution in [3.8, 4) is 11.5 Å². The van der Waals surface area contributed by atoms with Crippen molar-refractivity contribution in [2.75, 3.05) is 0 Å². The molecule has 0 amide bonds. The highest BCUT2D eigenvalue weighted by Crippen LogP contribution is 2.36. The summed E-state index contributed by atoms with van der Waals surface area (Å²) in [7, 11) is 0. The van der Waals surface area contributed by atoms with E-state index in [2.05, 4.69) is 0 Å². The van der Waals surface area contributed by atoms with Gasteiger partial charge in [-0.1, -0.05) is 29.3 Å². The van der Waals surface area contributed by atoms with Crippen molar-refractivity contribution in [2.45, 2.75) is 40.2 Å². The lowest BCUT2D eigenvalue weighted by molar-refractivity contribution is -0.141. The number of aryl methyl sites for hydroxylation is 2. The van der Waals surface area contributed by atoms with E-state index in [1.807, 2.05) is 32.9 Å². The van der Waals surface area contributed by atoms with E-state index in [-0.39, 0.29) is 28.9 Å². The molecule has 1 unspecified atom stereocenters. The Labute approximate surface area is 203 Å². The largest absolute Gasteiger partial charge is 0.507 e. The molecule has 2 aromatic rings. The normalized spacial score (nSPS) is 13.8. The zero-order valence-electron chi connectivity index (χ0n) is 19.9. The summed E-state index contributed by atoms with van der Waals surface area (Å²) in [5.74, 6) is -3.57. The van der Waals surface area contributed by atoms with E-state index in [4.69, 9.17) is 4.74 Å². The number of fused-ring (bicyclic) bond motifs is 1. The molecule has 1 atom stereocenters. The lowest BCUT2D eigenvalue weighted by Gasteiger charge is -2.23. The van der Waals surface area contributed by atoms with Gasteiger partial charge in [0, 0.05) is 23.6 Å². The predicted molar refractivity (Wildman–Crippen MR) is 130 cm³/mol. The van der Waals surface area contributed by atoms with E-state index in [0.29, 0.717) is 5.56 Å². The maximum atomic E-state index is 13.1. The highest BCUT2D eigenvalue weighted by Gasteiger charge is 2.35. The van der Waals surface area contributed by atoms with Crippen LogP contribution in [0, 0.1) is 13.8 Å². The number of phenolic OH excluding ortho intramolecular Hbond substituents is 2. The van der Waals surface area contributed by atoms with Crippen LogP contribution in [0.25, 0.3) is 0 Å². The third-order valence-corrected chi connectivity index (χ3v) is 5.56. The fourth-order valence-electron chi connectivity index (χ4n) is 3.72. The van der Waals surface area contributed by atoms with E-state index < -0.39 is 35.1 Å². The van der Waals surface area contributed by atoms with Gasteiger partial charge in [0.1, 0.15) is 17.6 Å². The highest BCUT2D eigenvalue weighted by molar-refractivity contribution is 6.27. The molecule has 0 bridgehead atoms. The van der Waals surface area contributed by atoms with Crippen LogP contribution in [0.2, 0.25) is 0 Å². The summed E-state index contributed by atoms with van der Waals surface area (Å²) in [4.78, 5) is 51.0. The zero-order chi connectivity index (χ0) is 25.9. The molecule has 2 aromatic carbocycles. The SMILES string of the molecule is CC(C)=CCC(OC(=O)/C=C\C(=O)c1cc(C)ccc1C)C1=CC(=O)c2c(O)ccc(O)c2C1=O. The Bertz CT molecular complexity index is 1320. The Balaban J connectivity index is 1.89.